The van der Waals surface area contributed by atoms with Crippen LogP contribution in [-0.2, 0) is 6.54 Å². The zero-order valence-electron chi connectivity index (χ0n) is 16.0. The predicted octanol–water partition coefficient (Wildman–Crippen LogP) is 3.82. The van der Waals surface area contributed by atoms with Crippen LogP contribution in [0.15, 0.2) is 54.6 Å². The van der Waals surface area contributed by atoms with Crippen LogP contribution >= 0.6 is 0 Å². The Morgan fingerprint density at radius 1 is 1.07 bits per heavy atom. The lowest BCUT2D eigenvalue weighted by molar-refractivity contribution is 0.0773. The van der Waals surface area contributed by atoms with E-state index in [9.17, 15) is 4.79 Å². The Kier molecular flexibility index (Phi) is 5.44. The van der Waals surface area contributed by atoms with Crippen molar-refractivity contribution < 1.29 is 9.53 Å². The van der Waals surface area contributed by atoms with Gasteiger partial charge in [-0.1, -0.05) is 36.8 Å². The van der Waals surface area contributed by atoms with Gasteiger partial charge in [-0.15, -0.1) is 0 Å². The van der Waals surface area contributed by atoms with Crippen LogP contribution in [0.25, 0.3) is 0 Å². The summed E-state index contributed by atoms with van der Waals surface area (Å²) in [5, 5.41) is 0. The molecule has 2 atom stereocenters. The normalized spacial score (nSPS) is 22.9. The second-order valence-electron chi connectivity index (χ2n) is 7.72. The molecule has 0 aromatic heterocycles. The van der Waals surface area contributed by atoms with Crippen molar-refractivity contribution in [2.75, 3.05) is 26.7 Å². The summed E-state index contributed by atoms with van der Waals surface area (Å²) in [4.78, 5) is 17.6. The molecule has 2 heterocycles. The molecule has 27 heavy (non-hydrogen) atoms. The van der Waals surface area contributed by atoms with Gasteiger partial charge in [-0.2, -0.15) is 0 Å². The predicted molar refractivity (Wildman–Crippen MR) is 107 cm³/mol. The average molecular weight is 364 g/mol. The lowest BCUT2D eigenvalue weighted by Crippen LogP contribution is -2.40. The number of hydrogen-bond donors (Lipinski definition) is 0. The smallest absolute Gasteiger partial charge is 0.253 e. The van der Waals surface area contributed by atoms with Crippen molar-refractivity contribution >= 4 is 5.91 Å². The second-order valence-corrected chi connectivity index (χ2v) is 7.72. The molecule has 0 radical (unpaired) electrons. The minimum atomic E-state index is 0.171. The van der Waals surface area contributed by atoms with Crippen molar-refractivity contribution in [2.45, 2.75) is 31.8 Å². The minimum absolute atomic E-state index is 0.171. The van der Waals surface area contributed by atoms with E-state index in [1.54, 1.807) is 7.11 Å². The summed E-state index contributed by atoms with van der Waals surface area (Å²) in [5.74, 6) is 1.65. The number of carbonyl (C=O) groups is 1. The number of nitrogens with zero attached hydrogens (tertiary/aromatic N) is 2. The molecule has 2 fully saturated rings. The number of amides is 1. The summed E-state index contributed by atoms with van der Waals surface area (Å²) >= 11 is 0. The largest absolute Gasteiger partial charge is 0.497 e. The maximum atomic E-state index is 12.9. The zero-order valence-corrected chi connectivity index (χ0v) is 16.0. The quantitative estimate of drug-likeness (QED) is 0.827. The molecule has 0 N–H and O–H groups in total. The van der Waals surface area contributed by atoms with E-state index < -0.39 is 0 Å². The zero-order chi connectivity index (χ0) is 18.6. The van der Waals surface area contributed by atoms with Gasteiger partial charge in [0.25, 0.3) is 5.91 Å². The Morgan fingerprint density at radius 2 is 1.93 bits per heavy atom. The summed E-state index contributed by atoms with van der Waals surface area (Å²) < 4.78 is 5.38. The van der Waals surface area contributed by atoms with Crippen molar-refractivity contribution in [3.63, 3.8) is 0 Å². The Balaban J connectivity index is 1.49. The average Bonchev–Trinajstić information content (AvgIpc) is 3.06. The van der Waals surface area contributed by atoms with Crippen LogP contribution in [0.1, 0.15) is 35.2 Å². The number of rotatable bonds is 4. The van der Waals surface area contributed by atoms with Gasteiger partial charge in [0, 0.05) is 31.2 Å². The van der Waals surface area contributed by atoms with Gasteiger partial charge in [-0.3, -0.25) is 9.69 Å². The topological polar surface area (TPSA) is 32.8 Å². The summed E-state index contributed by atoms with van der Waals surface area (Å²) in [6.45, 7) is 3.74. The summed E-state index contributed by atoms with van der Waals surface area (Å²) in [6.07, 6.45) is 3.71. The molecular weight excluding hydrogens is 336 g/mol. The Bertz CT molecular complexity index is 777. The van der Waals surface area contributed by atoms with Crippen molar-refractivity contribution in [3.8, 4) is 5.75 Å². The molecule has 2 aromatic rings. The monoisotopic (exact) mass is 364 g/mol. The third kappa shape index (κ3) is 4.01. The van der Waals surface area contributed by atoms with Crippen LogP contribution in [-0.4, -0.2) is 48.5 Å². The first-order chi connectivity index (χ1) is 13.2. The minimum Gasteiger partial charge on any atom is -0.497 e. The van der Waals surface area contributed by atoms with Crippen LogP contribution in [0.5, 0.6) is 5.75 Å². The van der Waals surface area contributed by atoms with Gasteiger partial charge in [-0.25, -0.2) is 0 Å². The fraction of sp³-hybridized carbons (Fsp3) is 0.435. The van der Waals surface area contributed by atoms with E-state index in [-0.39, 0.29) is 5.91 Å². The molecule has 2 aliphatic rings. The third-order valence-electron chi connectivity index (χ3n) is 5.97. The Morgan fingerprint density at radius 3 is 2.74 bits per heavy atom. The van der Waals surface area contributed by atoms with Crippen LogP contribution in [0.3, 0.4) is 0 Å². The standard InChI is InChI=1S/C23H28N2O2/c1-27-21-12-7-8-18(14-21)15-24-13-6-5-11-20-16-25(17-22(20)24)23(26)19-9-3-2-4-10-19/h2-4,7-10,12,14,20,22H,5-6,11,13,15-17H2,1H3/t20-,22+/m0/s1. The SMILES string of the molecule is COc1cccc(CN2CCCC[C@H]3CN(C(=O)c4ccccc4)C[C@H]32)c1. The number of benzene rings is 2. The van der Waals surface area contributed by atoms with Crippen LogP contribution in [0.2, 0.25) is 0 Å². The van der Waals surface area contributed by atoms with E-state index in [2.05, 4.69) is 28.0 Å². The summed E-state index contributed by atoms with van der Waals surface area (Å²) in [6, 6.07) is 18.5. The van der Waals surface area contributed by atoms with Gasteiger partial charge < -0.3 is 9.64 Å². The highest BCUT2D eigenvalue weighted by Gasteiger charge is 2.39. The number of methoxy groups -OCH3 is 1. The van der Waals surface area contributed by atoms with Crippen LogP contribution < -0.4 is 4.74 Å². The molecule has 0 saturated carbocycles. The van der Waals surface area contributed by atoms with Crippen molar-refractivity contribution in [3.05, 3.63) is 65.7 Å². The van der Waals surface area contributed by atoms with Gasteiger partial charge in [-0.05, 0) is 55.1 Å². The number of hydrogen-bond acceptors (Lipinski definition) is 3. The molecule has 2 saturated heterocycles. The molecule has 1 amide bonds. The van der Waals surface area contributed by atoms with E-state index in [0.717, 1.165) is 37.5 Å². The van der Waals surface area contributed by atoms with Gasteiger partial charge >= 0.3 is 0 Å². The molecule has 2 aliphatic heterocycles. The van der Waals surface area contributed by atoms with E-state index in [1.165, 1.54) is 24.8 Å². The van der Waals surface area contributed by atoms with Crippen molar-refractivity contribution in [1.29, 1.82) is 0 Å². The fourth-order valence-electron chi connectivity index (χ4n) is 4.57. The third-order valence-corrected chi connectivity index (χ3v) is 5.97. The van der Waals surface area contributed by atoms with Crippen LogP contribution in [0.4, 0.5) is 0 Å². The first kappa shape index (κ1) is 18.1. The molecule has 0 bridgehead atoms. The van der Waals surface area contributed by atoms with Gasteiger partial charge in [0.1, 0.15) is 5.75 Å². The first-order valence-electron chi connectivity index (χ1n) is 9.96. The van der Waals surface area contributed by atoms with E-state index in [1.807, 2.05) is 36.4 Å². The maximum absolute atomic E-state index is 12.9. The lowest BCUT2D eigenvalue weighted by atomic mass is 9.98. The number of likely N-dealkylation sites (tertiary alicyclic amines) is 2. The number of fused-ring (bicyclic) bond motifs is 1. The molecule has 0 unspecified atom stereocenters. The summed E-state index contributed by atoms with van der Waals surface area (Å²) in [5.41, 5.74) is 2.08. The molecule has 0 aliphatic carbocycles. The van der Waals surface area contributed by atoms with Gasteiger partial charge in [0.2, 0.25) is 0 Å². The number of ether oxygens (including phenoxy) is 1. The summed E-state index contributed by atoms with van der Waals surface area (Å²) in [7, 11) is 1.71. The van der Waals surface area contributed by atoms with E-state index >= 15 is 0 Å². The molecule has 4 rings (SSSR count). The van der Waals surface area contributed by atoms with E-state index in [0.29, 0.717) is 12.0 Å². The number of carbonyl (C=O) groups excluding carboxylic acids is 1. The Hall–Kier alpha value is -2.33. The second kappa shape index (κ2) is 8.13. The highest BCUT2D eigenvalue weighted by molar-refractivity contribution is 5.94. The molecule has 4 nitrogen and oxygen atoms in total. The molecule has 142 valence electrons. The fourth-order valence-corrected chi connectivity index (χ4v) is 4.57. The lowest BCUT2D eigenvalue weighted by Gasteiger charge is -2.30. The van der Waals surface area contributed by atoms with Crippen molar-refractivity contribution in [1.82, 2.24) is 9.80 Å². The molecule has 4 heteroatoms. The van der Waals surface area contributed by atoms with Gasteiger partial charge in [0.05, 0.1) is 7.11 Å². The Labute approximate surface area is 161 Å². The molecular formula is C23H28N2O2. The maximum Gasteiger partial charge on any atom is 0.253 e. The highest BCUT2D eigenvalue weighted by atomic mass is 16.5. The van der Waals surface area contributed by atoms with Crippen LogP contribution in [0, 0.1) is 5.92 Å². The molecule has 2 aromatic carbocycles. The highest BCUT2D eigenvalue weighted by Crippen LogP contribution is 2.32. The van der Waals surface area contributed by atoms with E-state index in [4.69, 9.17) is 4.74 Å². The van der Waals surface area contributed by atoms with Gasteiger partial charge in [0.15, 0.2) is 0 Å². The first-order valence-corrected chi connectivity index (χ1v) is 9.96. The van der Waals surface area contributed by atoms with Crippen molar-refractivity contribution in [2.24, 2.45) is 5.92 Å². The molecule has 0 spiro atoms.